The molecule has 0 aromatic heterocycles. The van der Waals surface area contributed by atoms with Gasteiger partial charge in [0.15, 0.2) is 0 Å². The predicted octanol–water partition coefficient (Wildman–Crippen LogP) is 3.52. The van der Waals surface area contributed by atoms with Gasteiger partial charge in [-0.15, -0.1) is 0 Å². The minimum atomic E-state index is -4.37. The van der Waals surface area contributed by atoms with Crippen molar-refractivity contribution < 1.29 is 18.1 Å². The molecule has 0 fully saturated rings. The maximum atomic E-state index is 12.0. The Bertz CT molecular complexity index is 392. The standard InChI is InChI=1S/C8H6F3NO2S/c1-5-4-6(15-8(9,10)11)2-3-7(5)12(13)14/h2-4H,1H3. The van der Waals surface area contributed by atoms with Crippen LogP contribution in [0.1, 0.15) is 5.56 Å². The van der Waals surface area contributed by atoms with E-state index in [0.717, 1.165) is 18.2 Å². The summed E-state index contributed by atoms with van der Waals surface area (Å²) in [6.07, 6.45) is 0. The normalized spacial score (nSPS) is 11.5. The van der Waals surface area contributed by atoms with Crippen molar-refractivity contribution in [2.24, 2.45) is 0 Å². The minimum absolute atomic E-state index is 0.0504. The Morgan fingerprint density at radius 2 is 2.00 bits per heavy atom. The number of aryl methyl sites for hydroxylation is 1. The van der Waals surface area contributed by atoms with Gasteiger partial charge in [0.2, 0.25) is 0 Å². The molecule has 0 aliphatic carbocycles. The Kier molecular flexibility index (Phi) is 3.23. The quantitative estimate of drug-likeness (QED) is 0.449. The Balaban J connectivity index is 2.97. The summed E-state index contributed by atoms with van der Waals surface area (Å²) in [6, 6.07) is 3.31. The molecule has 0 aliphatic rings. The molecule has 1 rings (SSSR count). The van der Waals surface area contributed by atoms with Gasteiger partial charge in [0.25, 0.3) is 5.69 Å². The van der Waals surface area contributed by atoms with Crippen LogP contribution in [0.25, 0.3) is 0 Å². The summed E-state index contributed by atoms with van der Waals surface area (Å²) < 4.78 is 35.9. The van der Waals surface area contributed by atoms with Crippen molar-refractivity contribution in [1.29, 1.82) is 0 Å². The van der Waals surface area contributed by atoms with Crippen molar-refractivity contribution in [3.05, 3.63) is 33.9 Å². The van der Waals surface area contributed by atoms with Crippen LogP contribution in [0.2, 0.25) is 0 Å². The van der Waals surface area contributed by atoms with Gasteiger partial charge in [-0.25, -0.2) is 0 Å². The molecule has 1 aromatic carbocycles. The first-order valence-corrected chi connectivity index (χ1v) is 4.62. The number of nitro groups is 1. The molecule has 82 valence electrons. The van der Waals surface area contributed by atoms with Gasteiger partial charge in [-0.2, -0.15) is 13.2 Å². The average molecular weight is 237 g/mol. The highest BCUT2D eigenvalue weighted by molar-refractivity contribution is 8.00. The van der Waals surface area contributed by atoms with E-state index >= 15 is 0 Å². The van der Waals surface area contributed by atoms with Crippen molar-refractivity contribution >= 4 is 17.4 Å². The molecule has 0 amide bonds. The molecule has 0 N–H and O–H groups in total. The monoisotopic (exact) mass is 237 g/mol. The zero-order chi connectivity index (χ0) is 11.6. The van der Waals surface area contributed by atoms with Crippen LogP contribution in [0.5, 0.6) is 0 Å². The van der Waals surface area contributed by atoms with Crippen molar-refractivity contribution in [3.8, 4) is 0 Å². The van der Waals surface area contributed by atoms with Gasteiger partial charge in [0.1, 0.15) is 0 Å². The molecule has 0 heterocycles. The highest BCUT2D eigenvalue weighted by Crippen LogP contribution is 2.38. The molecule has 0 radical (unpaired) electrons. The number of hydrogen-bond acceptors (Lipinski definition) is 3. The fourth-order valence-corrected chi connectivity index (χ4v) is 1.67. The zero-order valence-electron chi connectivity index (χ0n) is 7.54. The van der Waals surface area contributed by atoms with E-state index in [1.54, 1.807) is 0 Å². The second-order valence-electron chi connectivity index (χ2n) is 2.75. The molecule has 0 bridgehead atoms. The van der Waals surface area contributed by atoms with Crippen LogP contribution < -0.4 is 0 Å². The topological polar surface area (TPSA) is 43.1 Å². The number of rotatable bonds is 2. The SMILES string of the molecule is Cc1cc(SC(F)(F)F)ccc1[N+](=O)[O-]. The molecule has 0 unspecified atom stereocenters. The van der Waals surface area contributed by atoms with Crippen LogP contribution in [0.4, 0.5) is 18.9 Å². The van der Waals surface area contributed by atoms with Crippen molar-refractivity contribution in [1.82, 2.24) is 0 Å². The average Bonchev–Trinajstić information content (AvgIpc) is 1.99. The smallest absolute Gasteiger partial charge is 0.258 e. The maximum absolute atomic E-state index is 12.0. The Labute approximate surface area is 87.4 Å². The number of alkyl halides is 3. The second-order valence-corrected chi connectivity index (χ2v) is 3.89. The molecule has 0 aliphatic heterocycles. The third-order valence-corrected chi connectivity index (χ3v) is 2.32. The highest BCUT2D eigenvalue weighted by atomic mass is 32.2. The van der Waals surface area contributed by atoms with Crippen LogP contribution in [-0.2, 0) is 0 Å². The van der Waals surface area contributed by atoms with E-state index in [4.69, 9.17) is 0 Å². The third kappa shape index (κ3) is 3.43. The van der Waals surface area contributed by atoms with Gasteiger partial charge in [0.05, 0.1) is 4.92 Å². The minimum Gasteiger partial charge on any atom is -0.258 e. The third-order valence-electron chi connectivity index (χ3n) is 1.60. The van der Waals surface area contributed by atoms with E-state index in [0.29, 0.717) is 0 Å². The summed E-state index contributed by atoms with van der Waals surface area (Å²) in [4.78, 5) is 9.72. The molecular weight excluding hydrogens is 231 g/mol. The van der Waals surface area contributed by atoms with E-state index < -0.39 is 10.4 Å². The van der Waals surface area contributed by atoms with Crippen molar-refractivity contribution in [2.75, 3.05) is 0 Å². The number of halogens is 3. The van der Waals surface area contributed by atoms with Gasteiger partial charge in [-0.1, -0.05) is 0 Å². The van der Waals surface area contributed by atoms with Crippen LogP contribution in [0.15, 0.2) is 23.1 Å². The lowest BCUT2D eigenvalue weighted by Crippen LogP contribution is -1.99. The van der Waals surface area contributed by atoms with Crippen molar-refractivity contribution in [2.45, 2.75) is 17.3 Å². The summed E-state index contributed by atoms with van der Waals surface area (Å²) in [5.41, 5.74) is -4.33. The lowest BCUT2D eigenvalue weighted by Gasteiger charge is -2.05. The molecule has 0 atom stereocenters. The van der Waals surface area contributed by atoms with Crippen LogP contribution >= 0.6 is 11.8 Å². The number of thioether (sulfide) groups is 1. The van der Waals surface area contributed by atoms with Gasteiger partial charge in [0, 0.05) is 16.5 Å². The summed E-state index contributed by atoms with van der Waals surface area (Å²) in [6.45, 7) is 1.40. The molecule has 3 nitrogen and oxygen atoms in total. The lowest BCUT2D eigenvalue weighted by molar-refractivity contribution is -0.385. The lowest BCUT2D eigenvalue weighted by atomic mass is 10.2. The molecular formula is C8H6F3NO2S. The summed E-state index contributed by atoms with van der Waals surface area (Å²) in [5.74, 6) is 0. The van der Waals surface area contributed by atoms with Gasteiger partial charge >= 0.3 is 5.51 Å². The van der Waals surface area contributed by atoms with Crippen molar-refractivity contribution in [3.63, 3.8) is 0 Å². The summed E-state index contributed by atoms with van der Waals surface area (Å²) in [5, 5.41) is 10.4. The first kappa shape index (κ1) is 11.8. The molecule has 15 heavy (non-hydrogen) atoms. The first-order valence-electron chi connectivity index (χ1n) is 3.80. The fraction of sp³-hybridized carbons (Fsp3) is 0.250. The zero-order valence-corrected chi connectivity index (χ0v) is 8.35. The maximum Gasteiger partial charge on any atom is 0.446 e. The molecule has 7 heteroatoms. The molecule has 1 aromatic rings. The van der Waals surface area contributed by atoms with E-state index in [9.17, 15) is 23.3 Å². The number of nitro benzene ring substituents is 1. The Morgan fingerprint density at radius 3 is 2.40 bits per heavy atom. The van der Waals surface area contributed by atoms with Crippen LogP contribution in [0, 0.1) is 17.0 Å². The molecule has 0 saturated carbocycles. The highest BCUT2D eigenvalue weighted by Gasteiger charge is 2.29. The van der Waals surface area contributed by atoms with Crippen LogP contribution in [-0.4, -0.2) is 10.4 Å². The molecule has 0 saturated heterocycles. The second kappa shape index (κ2) is 4.09. The number of hydrogen-bond donors (Lipinski definition) is 0. The number of benzene rings is 1. The van der Waals surface area contributed by atoms with E-state index in [1.807, 2.05) is 0 Å². The van der Waals surface area contributed by atoms with E-state index in [2.05, 4.69) is 0 Å². The number of nitrogens with zero attached hydrogens (tertiary/aromatic N) is 1. The van der Waals surface area contributed by atoms with Gasteiger partial charge in [-0.3, -0.25) is 10.1 Å². The summed E-state index contributed by atoms with van der Waals surface area (Å²) in [7, 11) is 0. The van der Waals surface area contributed by atoms with E-state index in [-0.39, 0.29) is 27.9 Å². The summed E-state index contributed by atoms with van der Waals surface area (Å²) >= 11 is -0.287. The van der Waals surface area contributed by atoms with Gasteiger partial charge < -0.3 is 0 Å². The first-order chi connectivity index (χ1) is 6.79. The fourth-order valence-electron chi connectivity index (χ4n) is 1.03. The Morgan fingerprint density at radius 1 is 1.40 bits per heavy atom. The van der Waals surface area contributed by atoms with E-state index in [1.165, 1.54) is 6.92 Å². The van der Waals surface area contributed by atoms with Crippen LogP contribution in [0.3, 0.4) is 0 Å². The predicted molar refractivity (Wildman–Crippen MR) is 49.7 cm³/mol. The Hall–Kier alpha value is -1.24. The van der Waals surface area contributed by atoms with Gasteiger partial charge in [-0.05, 0) is 30.8 Å². The largest absolute Gasteiger partial charge is 0.446 e. The molecule has 0 spiro atoms.